The Labute approximate surface area is 141 Å². The van der Waals surface area contributed by atoms with Crippen molar-refractivity contribution in [3.8, 4) is 0 Å². The molecule has 0 bridgehead atoms. The quantitative estimate of drug-likeness (QED) is 0.872. The summed E-state index contributed by atoms with van der Waals surface area (Å²) >= 11 is 0. The molecule has 3 heterocycles. The highest BCUT2D eigenvalue weighted by molar-refractivity contribution is 5.78. The van der Waals surface area contributed by atoms with Gasteiger partial charge in [0, 0.05) is 30.3 Å². The van der Waals surface area contributed by atoms with Crippen LogP contribution in [0, 0.1) is 20.8 Å². The first-order valence-corrected chi connectivity index (χ1v) is 8.45. The van der Waals surface area contributed by atoms with E-state index in [1.165, 1.54) is 0 Å². The molecular weight excluding hydrogens is 306 g/mol. The van der Waals surface area contributed by atoms with Crippen LogP contribution in [0.2, 0.25) is 0 Å². The topological polar surface area (TPSA) is 87.1 Å². The first kappa shape index (κ1) is 16.7. The molecule has 0 aromatic carbocycles. The normalized spacial score (nSPS) is 18.7. The minimum Gasteiger partial charge on any atom is -0.361 e. The van der Waals surface area contributed by atoms with Crippen LogP contribution in [0.4, 0.5) is 0 Å². The standard InChI is InChI=1S/C17H25N5O2/c1-11-7-16(20-19-11)14-5-4-6-22(9-14)10-17(23)18-8-15-12(2)21-24-13(15)3/h7,14H,4-6,8-10H2,1-3H3,(H,18,23)(H,19,20)/t14-/m0/s1. The van der Waals surface area contributed by atoms with E-state index in [2.05, 4.69) is 31.6 Å². The Morgan fingerprint density at radius 3 is 2.96 bits per heavy atom. The minimum absolute atomic E-state index is 0.0360. The maximum absolute atomic E-state index is 12.3. The molecule has 0 unspecified atom stereocenters. The van der Waals surface area contributed by atoms with Gasteiger partial charge in [-0.3, -0.25) is 14.8 Å². The average molecular weight is 331 g/mol. The van der Waals surface area contributed by atoms with Gasteiger partial charge in [0.1, 0.15) is 5.76 Å². The number of aryl methyl sites for hydroxylation is 3. The van der Waals surface area contributed by atoms with Crippen molar-refractivity contribution in [3.63, 3.8) is 0 Å². The van der Waals surface area contributed by atoms with Gasteiger partial charge in [0.2, 0.25) is 5.91 Å². The summed E-state index contributed by atoms with van der Waals surface area (Å²) in [4.78, 5) is 14.5. The average Bonchev–Trinajstić information content (AvgIpc) is 3.12. The molecule has 7 heteroatoms. The van der Waals surface area contributed by atoms with E-state index in [-0.39, 0.29) is 5.91 Å². The molecule has 130 valence electrons. The van der Waals surface area contributed by atoms with Gasteiger partial charge in [0.15, 0.2) is 0 Å². The SMILES string of the molecule is Cc1cc([C@H]2CCCN(CC(=O)NCc3c(C)noc3C)C2)n[nH]1. The van der Waals surface area contributed by atoms with Crippen LogP contribution >= 0.6 is 0 Å². The number of rotatable bonds is 5. The van der Waals surface area contributed by atoms with E-state index < -0.39 is 0 Å². The van der Waals surface area contributed by atoms with Crippen molar-refractivity contribution in [2.45, 2.75) is 46.1 Å². The van der Waals surface area contributed by atoms with Crippen molar-refractivity contribution in [1.82, 2.24) is 25.6 Å². The monoisotopic (exact) mass is 331 g/mol. The van der Waals surface area contributed by atoms with E-state index in [1.807, 2.05) is 20.8 Å². The molecule has 3 rings (SSSR count). The number of carbonyl (C=O) groups is 1. The number of likely N-dealkylation sites (tertiary alicyclic amines) is 1. The number of amides is 1. The first-order chi connectivity index (χ1) is 11.5. The third kappa shape index (κ3) is 3.84. The van der Waals surface area contributed by atoms with E-state index in [0.717, 1.165) is 54.3 Å². The number of hydrogen-bond acceptors (Lipinski definition) is 5. The molecule has 1 aliphatic heterocycles. The summed E-state index contributed by atoms with van der Waals surface area (Å²) in [5, 5.41) is 14.3. The Morgan fingerprint density at radius 1 is 1.46 bits per heavy atom. The lowest BCUT2D eigenvalue weighted by atomic mass is 9.94. The number of H-pyrrole nitrogens is 1. The second kappa shape index (κ2) is 7.17. The number of aromatic amines is 1. The Balaban J connectivity index is 1.51. The van der Waals surface area contributed by atoms with Crippen LogP contribution in [0.1, 0.15) is 47.2 Å². The molecule has 24 heavy (non-hydrogen) atoms. The smallest absolute Gasteiger partial charge is 0.234 e. The zero-order chi connectivity index (χ0) is 17.1. The molecule has 1 aliphatic rings. The van der Waals surface area contributed by atoms with Gasteiger partial charge in [0.25, 0.3) is 0 Å². The largest absolute Gasteiger partial charge is 0.361 e. The van der Waals surface area contributed by atoms with Crippen LogP contribution in [0.3, 0.4) is 0 Å². The fraction of sp³-hybridized carbons (Fsp3) is 0.588. The van der Waals surface area contributed by atoms with Crippen molar-refractivity contribution >= 4 is 5.91 Å². The molecule has 0 saturated carbocycles. The molecule has 1 atom stereocenters. The summed E-state index contributed by atoms with van der Waals surface area (Å²) in [6, 6.07) is 2.10. The lowest BCUT2D eigenvalue weighted by Gasteiger charge is -2.31. The second-order valence-electron chi connectivity index (χ2n) is 6.63. The van der Waals surface area contributed by atoms with E-state index in [0.29, 0.717) is 19.0 Å². The maximum Gasteiger partial charge on any atom is 0.234 e. The molecule has 0 spiro atoms. The van der Waals surface area contributed by atoms with Crippen LogP contribution in [0.15, 0.2) is 10.6 Å². The molecule has 2 N–H and O–H groups in total. The van der Waals surface area contributed by atoms with Crippen molar-refractivity contribution < 1.29 is 9.32 Å². The fourth-order valence-electron chi connectivity index (χ4n) is 3.29. The predicted molar refractivity (Wildman–Crippen MR) is 89.6 cm³/mol. The van der Waals surface area contributed by atoms with Gasteiger partial charge in [-0.1, -0.05) is 5.16 Å². The highest BCUT2D eigenvalue weighted by atomic mass is 16.5. The number of nitrogens with zero attached hydrogens (tertiary/aromatic N) is 3. The maximum atomic E-state index is 12.3. The van der Waals surface area contributed by atoms with Crippen LogP contribution < -0.4 is 5.32 Å². The molecule has 2 aromatic rings. The predicted octanol–water partition coefficient (Wildman–Crippen LogP) is 1.82. The molecule has 1 saturated heterocycles. The lowest BCUT2D eigenvalue weighted by molar-refractivity contribution is -0.122. The highest BCUT2D eigenvalue weighted by Crippen LogP contribution is 2.25. The summed E-state index contributed by atoms with van der Waals surface area (Å²) in [6.45, 7) is 8.49. The Bertz CT molecular complexity index is 686. The van der Waals surface area contributed by atoms with Crippen LogP contribution in [0.25, 0.3) is 0 Å². The van der Waals surface area contributed by atoms with Gasteiger partial charge < -0.3 is 9.84 Å². The van der Waals surface area contributed by atoms with E-state index in [4.69, 9.17) is 4.52 Å². The van der Waals surface area contributed by atoms with Crippen LogP contribution in [0.5, 0.6) is 0 Å². The number of piperidine rings is 1. The number of aromatic nitrogens is 3. The summed E-state index contributed by atoms with van der Waals surface area (Å²) in [5.74, 6) is 1.20. The van der Waals surface area contributed by atoms with Crippen molar-refractivity contribution in [2.75, 3.05) is 19.6 Å². The molecule has 0 radical (unpaired) electrons. The third-order valence-corrected chi connectivity index (χ3v) is 4.66. The molecule has 1 amide bonds. The number of hydrogen-bond donors (Lipinski definition) is 2. The van der Waals surface area contributed by atoms with Crippen molar-refractivity contribution in [2.24, 2.45) is 0 Å². The fourth-order valence-corrected chi connectivity index (χ4v) is 3.29. The molecule has 7 nitrogen and oxygen atoms in total. The number of carbonyl (C=O) groups excluding carboxylic acids is 1. The molecule has 0 aliphatic carbocycles. The van der Waals surface area contributed by atoms with Crippen LogP contribution in [-0.4, -0.2) is 45.8 Å². The van der Waals surface area contributed by atoms with Crippen molar-refractivity contribution in [3.05, 3.63) is 34.5 Å². The van der Waals surface area contributed by atoms with E-state index >= 15 is 0 Å². The van der Waals surface area contributed by atoms with Gasteiger partial charge >= 0.3 is 0 Å². The van der Waals surface area contributed by atoms with Gasteiger partial charge in [-0.2, -0.15) is 5.10 Å². The Morgan fingerprint density at radius 2 is 2.29 bits per heavy atom. The Hall–Kier alpha value is -2.15. The summed E-state index contributed by atoms with van der Waals surface area (Å²) < 4.78 is 5.12. The molecule has 2 aromatic heterocycles. The zero-order valence-electron chi connectivity index (χ0n) is 14.6. The molecule has 1 fully saturated rings. The van der Waals surface area contributed by atoms with E-state index in [1.54, 1.807) is 0 Å². The van der Waals surface area contributed by atoms with Gasteiger partial charge in [-0.15, -0.1) is 0 Å². The third-order valence-electron chi connectivity index (χ3n) is 4.66. The summed E-state index contributed by atoms with van der Waals surface area (Å²) in [6.07, 6.45) is 2.22. The van der Waals surface area contributed by atoms with Gasteiger partial charge in [-0.05, 0) is 46.2 Å². The van der Waals surface area contributed by atoms with Gasteiger partial charge in [-0.25, -0.2) is 0 Å². The van der Waals surface area contributed by atoms with Gasteiger partial charge in [0.05, 0.1) is 17.9 Å². The van der Waals surface area contributed by atoms with Crippen molar-refractivity contribution in [1.29, 1.82) is 0 Å². The lowest BCUT2D eigenvalue weighted by Crippen LogP contribution is -2.42. The number of nitrogens with one attached hydrogen (secondary N) is 2. The minimum atomic E-state index is 0.0360. The summed E-state index contributed by atoms with van der Waals surface area (Å²) in [5.41, 5.74) is 3.99. The molecular formula is C17H25N5O2. The highest BCUT2D eigenvalue weighted by Gasteiger charge is 2.24. The van der Waals surface area contributed by atoms with E-state index in [9.17, 15) is 4.79 Å². The van der Waals surface area contributed by atoms with Crippen LogP contribution in [-0.2, 0) is 11.3 Å². The Kier molecular flexibility index (Phi) is 4.99. The summed E-state index contributed by atoms with van der Waals surface area (Å²) in [7, 11) is 0. The first-order valence-electron chi connectivity index (χ1n) is 8.45. The zero-order valence-corrected chi connectivity index (χ0v) is 14.6. The second-order valence-corrected chi connectivity index (χ2v) is 6.63.